The molecule has 0 aliphatic rings. The van der Waals surface area contributed by atoms with Gasteiger partial charge in [-0.2, -0.15) is 0 Å². The van der Waals surface area contributed by atoms with Crippen molar-refractivity contribution in [2.45, 2.75) is 12.8 Å². The van der Waals surface area contributed by atoms with Gasteiger partial charge in [-0.15, -0.1) is 11.3 Å². The Bertz CT molecular complexity index is 648. The summed E-state index contributed by atoms with van der Waals surface area (Å²) in [5, 5.41) is 10.4. The summed E-state index contributed by atoms with van der Waals surface area (Å²) in [4.78, 5) is 37.2. The second kappa shape index (κ2) is 6.21. The maximum absolute atomic E-state index is 11.7. The van der Waals surface area contributed by atoms with Crippen LogP contribution in [0, 0.1) is 0 Å². The van der Waals surface area contributed by atoms with Gasteiger partial charge in [0.2, 0.25) is 5.78 Å². The molecule has 1 aromatic heterocycles. The Morgan fingerprint density at radius 2 is 1.85 bits per heavy atom. The number of nitrogens with zero attached hydrogens (tertiary/aromatic N) is 1. The zero-order valence-corrected chi connectivity index (χ0v) is 11.2. The zero-order valence-electron chi connectivity index (χ0n) is 10.4. The Labute approximate surface area is 118 Å². The first kappa shape index (κ1) is 14.1. The third-order valence-corrected chi connectivity index (χ3v) is 3.51. The topological polar surface area (TPSA) is 84.3 Å². The number of carboxylic acids is 1. The monoisotopic (exact) mass is 289 g/mol. The summed E-state index contributed by atoms with van der Waals surface area (Å²) in [6.07, 6.45) is -0.0505. The summed E-state index contributed by atoms with van der Waals surface area (Å²) in [6.45, 7) is 0. The van der Waals surface area contributed by atoms with Gasteiger partial charge >= 0.3 is 5.97 Å². The molecule has 0 fully saturated rings. The number of rotatable bonds is 6. The number of hydrogen-bond acceptors (Lipinski definition) is 5. The van der Waals surface area contributed by atoms with Gasteiger partial charge in [0, 0.05) is 11.8 Å². The van der Waals surface area contributed by atoms with Crippen LogP contribution in [0.25, 0.3) is 0 Å². The van der Waals surface area contributed by atoms with E-state index in [-0.39, 0.29) is 5.01 Å². The van der Waals surface area contributed by atoms with Crippen LogP contribution in [0.1, 0.15) is 27.5 Å². The van der Waals surface area contributed by atoms with Crippen molar-refractivity contribution in [3.05, 3.63) is 52.0 Å². The molecule has 0 saturated heterocycles. The number of aliphatic carboxylic acids is 1. The molecule has 102 valence electrons. The molecule has 1 aromatic carbocycles. The molecule has 20 heavy (non-hydrogen) atoms. The van der Waals surface area contributed by atoms with Crippen molar-refractivity contribution in [3.63, 3.8) is 0 Å². The van der Waals surface area contributed by atoms with E-state index in [0.29, 0.717) is 6.42 Å². The maximum Gasteiger partial charge on any atom is 0.372 e. The smallest absolute Gasteiger partial charge is 0.372 e. The molecular weight excluding hydrogens is 278 g/mol. The van der Waals surface area contributed by atoms with E-state index in [1.54, 1.807) is 5.38 Å². The van der Waals surface area contributed by atoms with Gasteiger partial charge in [0.25, 0.3) is 0 Å². The van der Waals surface area contributed by atoms with Crippen molar-refractivity contribution in [3.8, 4) is 0 Å². The molecule has 1 N–H and O–H groups in total. The standard InChI is InChI=1S/C14H11NO4S/c16-11(7-12(17)14(18)19)13-15-10(8-20-13)6-9-4-2-1-3-5-9/h1-5,8H,6-7H2,(H,18,19). The third kappa shape index (κ3) is 3.58. The van der Waals surface area contributed by atoms with Crippen molar-refractivity contribution < 1.29 is 19.5 Å². The summed E-state index contributed by atoms with van der Waals surface area (Å²) in [5.74, 6) is -3.27. The van der Waals surface area contributed by atoms with E-state index in [1.807, 2.05) is 30.3 Å². The Balaban J connectivity index is 2.04. The molecular formula is C14H11NO4S. The zero-order chi connectivity index (χ0) is 14.5. The van der Waals surface area contributed by atoms with Crippen LogP contribution in [0.5, 0.6) is 0 Å². The number of thiazole rings is 1. The van der Waals surface area contributed by atoms with E-state index >= 15 is 0 Å². The molecule has 0 saturated carbocycles. The van der Waals surface area contributed by atoms with Crippen LogP contribution >= 0.6 is 11.3 Å². The lowest BCUT2D eigenvalue weighted by molar-refractivity contribution is -0.148. The fourth-order valence-corrected chi connectivity index (χ4v) is 2.38. The molecule has 5 nitrogen and oxygen atoms in total. The molecule has 6 heteroatoms. The first-order valence-corrected chi connectivity index (χ1v) is 6.72. The SMILES string of the molecule is O=C(O)C(=O)CC(=O)c1nc(Cc2ccccc2)cs1. The highest BCUT2D eigenvalue weighted by molar-refractivity contribution is 7.11. The molecule has 2 rings (SSSR count). The highest BCUT2D eigenvalue weighted by atomic mass is 32.1. The van der Waals surface area contributed by atoms with E-state index in [2.05, 4.69) is 4.98 Å². The fraction of sp³-hybridized carbons (Fsp3) is 0.143. The van der Waals surface area contributed by atoms with Gasteiger partial charge in [0.15, 0.2) is 10.8 Å². The van der Waals surface area contributed by atoms with Crippen molar-refractivity contribution in [1.82, 2.24) is 4.98 Å². The van der Waals surface area contributed by atoms with Crippen molar-refractivity contribution in [2.75, 3.05) is 0 Å². The normalized spacial score (nSPS) is 10.2. The van der Waals surface area contributed by atoms with Gasteiger partial charge in [-0.05, 0) is 5.56 Å². The van der Waals surface area contributed by atoms with Crippen molar-refractivity contribution >= 4 is 28.9 Å². The molecule has 0 bridgehead atoms. The Kier molecular flexibility index (Phi) is 4.37. The van der Waals surface area contributed by atoms with Crippen LogP contribution < -0.4 is 0 Å². The molecule has 0 amide bonds. The van der Waals surface area contributed by atoms with Crippen LogP contribution in [0.4, 0.5) is 0 Å². The summed E-state index contributed by atoms with van der Waals surface area (Å²) >= 11 is 1.12. The minimum Gasteiger partial charge on any atom is -0.475 e. The molecule has 0 radical (unpaired) electrons. The number of ketones is 2. The number of aromatic nitrogens is 1. The number of carbonyl (C=O) groups is 3. The van der Waals surface area contributed by atoms with E-state index in [4.69, 9.17) is 5.11 Å². The van der Waals surface area contributed by atoms with E-state index in [1.165, 1.54) is 0 Å². The molecule has 0 spiro atoms. The van der Waals surface area contributed by atoms with Gasteiger partial charge in [-0.3, -0.25) is 9.59 Å². The quantitative estimate of drug-likeness (QED) is 0.499. The van der Waals surface area contributed by atoms with E-state index in [0.717, 1.165) is 22.6 Å². The first-order chi connectivity index (χ1) is 9.56. The second-order valence-electron chi connectivity index (χ2n) is 4.13. The van der Waals surface area contributed by atoms with Gasteiger partial charge in [0.1, 0.15) is 0 Å². The van der Waals surface area contributed by atoms with Crippen LogP contribution in [0.2, 0.25) is 0 Å². The van der Waals surface area contributed by atoms with E-state index < -0.39 is 24.0 Å². The van der Waals surface area contributed by atoms with Crippen molar-refractivity contribution in [2.24, 2.45) is 0 Å². The number of carbonyl (C=O) groups excluding carboxylic acids is 2. The van der Waals surface area contributed by atoms with Gasteiger partial charge < -0.3 is 5.11 Å². The average Bonchev–Trinajstić information content (AvgIpc) is 2.88. The minimum absolute atomic E-state index is 0.172. The lowest BCUT2D eigenvalue weighted by atomic mass is 10.1. The van der Waals surface area contributed by atoms with Crippen LogP contribution in [-0.4, -0.2) is 27.6 Å². The van der Waals surface area contributed by atoms with Crippen molar-refractivity contribution in [1.29, 1.82) is 0 Å². The molecule has 0 aliphatic carbocycles. The molecule has 2 aromatic rings. The van der Waals surface area contributed by atoms with Crippen LogP contribution in [-0.2, 0) is 16.0 Å². The number of Topliss-reactive ketones (excluding diaryl/α,β-unsaturated/α-hetero) is 2. The number of benzene rings is 1. The lowest BCUT2D eigenvalue weighted by Crippen LogP contribution is -2.17. The maximum atomic E-state index is 11.7. The fourth-order valence-electron chi connectivity index (χ4n) is 1.62. The van der Waals surface area contributed by atoms with E-state index in [9.17, 15) is 14.4 Å². The summed E-state index contributed by atoms with van der Waals surface area (Å²) in [6, 6.07) is 9.65. The Morgan fingerprint density at radius 1 is 1.15 bits per heavy atom. The third-order valence-electron chi connectivity index (χ3n) is 2.58. The van der Waals surface area contributed by atoms with Crippen LogP contribution in [0.15, 0.2) is 35.7 Å². The number of hydrogen-bond donors (Lipinski definition) is 1. The predicted octanol–water partition coefficient (Wildman–Crippen LogP) is 1.96. The molecule has 0 aliphatic heterocycles. The van der Waals surface area contributed by atoms with Gasteiger partial charge in [0.05, 0.1) is 12.1 Å². The van der Waals surface area contributed by atoms with Gasteiger partial charge in [-0.1, -0.05) is 30.3 Å². The second-order valence-corrected chi connectivity index (χ2v) is 4.99. The lowest BCUT2D eigenvalue weighted by Gasteiger charge is -1.96. The Morgan fingerprint density at radius 3 is 2.50 bits per heavy atom. The predicted molar refractivity (Wildman–Crippen MR) is 73.0 cm³/mol. The summed E-state index contributed by atoms with van der Waals surface area (Å²) in [5.41, 5.74) is 1.80. The van der Waals surface area contributed by atoms with Crippen LogP contribution in [0.3, 0.4) is 0 Å². The van der Waals surface area contributed by atoms with Gasteiger partial charge in [-0.25, -0.2) is 9.78 Å². The summed E-state index contributed by atoms with van der Waals surface area (Å²) in [7, 11) is 0. The Hall–Kier alpha value is -2.34. The first-order valence-electron chi connectivity index (χ1n) is 5.84. The molecule has 0 unspecified atom stereocenters. The highest BCUT2D eigenvalue weighted by Gasteiger charge is 2.20. The number of carboxylic acid groups (broad SMARTS) is 1. The highest BCUT2D eigenvalue weighted by Crippen LogP contribution is 2.15. The minimum atomic E-state index is -1.60. The summed E-state index contributed by atoms with van der Waals surface area (Å²) < 4.78 is 0. The molecule has 1 heterocycles. The largest absolute Gasteiger partial charge is 0.475 e. The average molecular weight is 289 g/mol. The molecule has 0 atom stereocenters.